The van der Waals surface area contributed by atoms with Crippen molar-refractivity contribution in [2.75, 3.05) is 13.2 Å². The second-order valence-electron chi connectivity index (χ2n) is 34.5. The van der Waals surface area contributed by atoms with Crippen LogP contribution in [0.4, 0.5) is 0 Å². The number of unbranched alkanes of at least 4 members (excludes halogenated alkanes) is 54. The monoisotopic (exact) mass is 1560 g/mol. The molecule has 0 spiro atoms. The van der Waals surface area contributed by atoms with Crippen LogP contribution in [0.25, 0.3) is 0 Å². The van der Waals surface area contributed by atoms with Crippen molar-refractivity contribution in [1.29, 1.82) is 0 Å². The maximum atomic E-state index is 18.5. The molecule has 0 saturated heterocycles. The van der Waals surface area contributed by atoms with Gasteiger partial charge in [-0.05, 0) is 70.6 Å². The average molecular weight is 1560 g/mol. The van der Waals surface area contributed by atoms with Gasteiger partial charge in [0.15, 0.2) is 22.8 Å². The molecule has 0 aliphatic heterocycles. The SMILES string of the molecule is CCCCCCCCCC(=O)C(CC)(C(=O)CCCCCCCCC)C(C(=O)CCCCCCCCC)(C(=O)CCCCCCCCC)C(CCCCCCCCCC(=O)OCC(O)CO)(C(=O)CCCCCCCCC)C(C(=O)CCCCCCCCC)(C(=O)CCCCCCCCC)C(=O)CCCCCCCCC. The fourth-order valence-electron chi connectivity index (χ4n) is 18.5. The van der Waals surface area contributed by atoms with Gasteiger partial charge in [0.2, 0.25) is 0 Å². The molecule has 0 amide bonds. The van der Waals surface area contributed by atoms with Gasteiger partial charge in [-0.15, -0.1) is 0 Å². The normalized spacial score (nSPS) is 12.9. The molecule has 0 radical (unpaired) electrons. The Morgan fingerprint density at radius 3 is 0.676 bits per heavy atom. The van der Waals surface area contributed by atoms with Crippen molar-refractivity contribution in [2.24, 2.45) is 21.7 Å². The second-order valence-corrected chi connectivity index (χ2v) is 34.5. The summed E-state index contributed by atoms with van der Waals surface area (Å²) in [5, 5.41) is 19.2. The van der Waals surface area contributed by atoms with Gasteiger partial charge in [-0.2, -0.15) is 0 Å². The number of carbonyl (C=O) groups is 9. The predicted molar refractivity (Wildman–Crippen MR) is 467 cm³/mol. The van der Waals surface area contributed by atoms with Crippen molar-refractivity contribution in [2.45, 2.75) is 544 Å². The molecule has 0 bridgehead atoms. The van der Waals surface area contributed by atoms with Crippen molar-refractivity contribution in [3.05, 3.63) is 0 Å². The minimum Gasteiger partial charge on any atom is -0.463 e. The van der Waals surface area contributed by atoms with Gasteiger partial charge in [-0.1, -0.05) is 409 Å². The van der Waals surface area contributed by atoms with Crippen LogP contribution < -0.4 is 0 Å². The van der Waals surface area contributed by atoms with E-state index in [9.17, 15) is 15.0 Å². The first-order valence-electron chi connectivity index (χ1n) is 48.7. The Kier molecular flexibility index (Phi) is 71.0. The Hall–Kier alpha value is -3.25. The molecule has 0 aromatic rings. The van der Waals surface area contributed by atoms with E-state index in [-0.39, 0.29) is 83.7 Å². The number of hydrogen-bond donors (Lipinski definition) is 2. The van der Waals surface area contributed by atoms with Crippen LogP contribution in [-0.2, 0) is 47.9 Å². The molecule has 0 heterocycles. The fraction of sp³-hybridized carbons (Fsp3) is 0.909. The molecular formula is C99H182O12. The number of aliphatic hydroxyl groups is 2. The van der Waals surface area contributed by atoms with Gasteiger partial charge in [-0.25, -0.2) is 0 Å². The van der Waals surface area contributed by atoms with Crippen LogP contribution in [0.5, 0.6) is 0 Å². The van der Waals surface area contributed by atoms with E-state index in [1.165, 1.54) is 0 Å². The average Bonchev–Trinajstić information content (AvgIpc) is 0.659. The molecule has 0 aromatic carbocycles. The predicted octanol–water partition coefficient (Wildman–Crippen LogP) is 28.4. The number of carbonyl (C=O) groups excluding carboxylic acids is 9. The Morgan fingerprint density at radius 1 is 0.243 bits per heavy atom. The van der Waals surface area contributed by atoms with Crippen molar-refractivity contribution in [1.82, 2.24) is 0 Å². The van der Waals surface area contributed by atoms with E-state index in [1.54, 1.807) is 6.92 Å². The highest BCUT2D eigenvalue weighted by Gasteiger charge is 2.83. The van der Waals surface area contributed by atoms with E-state index in [4.69, 9.17) is 4.74 Å². The largest absolute Gasteiger partial charge is 0.463 e. The minimum absolute atomic E-state index is 0.122. The van der Waals surface area contributed by atoms with E-state index in [0.717, 1.165) is 263 Å². The van der Waals surface area contributed by atoms with Gasteiger partial charge in [-0.3, -0.25) is 43.2 Å². The fourth-order valence-corrected chi connectivity index (χ4v) is 18.5. The third kappa shape index (κ3) is 42.1. The number of ketones is 8. The van der Waals surface area contributed by atoms with Crippen molar-refractivity contribution >= 4 is 52.2 Å². The maximum absolute atomic E-state index is 18.5. The molecule has 12 heteroatoms. The van der Waals surface area contributed by atoms with Crippen LogP contribution in [0.15, 0.2) is 0 Å². The molecule has 2 unspecified atom stereocenters. The van der Waals surface area contributed by atoms with Gasteiger partial charge in [0.05, 0.1) is 12.0 Å². The van der Waals surface area contributed by atoms with Gasteiger partial charge >= 0.3 is 5.97 Å². The molecular weight excluding hydrogens is 1380 g/mol. The number of Topliss-reactive ketones (excluding diaryl/α,β-unsaturated/α-hetero) is 8. The highest BCUT2D eigenvalue weighted by molar-refractivity contribution is 6.32. The Bertz CT molecular complexity index is 2190. The Labute approximate surface area is 685 Å². The quantitative estimate of drug-likeness (QED) is 0.0332. The van der Waals surface area contributed by atoms with Crippen LogP contribution in [0.2, 0.25) is 0 Å². The summed E-state index contributed by atoms with van der Waals surface area (Å²) < 4.78 is 5.22. The summed E-state index contributed by atoms with van der Waals surface area (Å²) in [7, 11) is 0. The summed E-state index contributed by atoms with van der Waals surface area (Å²) in [5.41, 5.74) is -11.0. The molecule has 0 fully saturated rings. The van der Waals surface area contributed by atoms with Gasteiger partial charge in [0.25, 0.3) is 0 Å². The van der Waals surface area contributed by atoms with Crippen LogP contribution in [0, 0.1) is 21.7 Å². The zero-order chi connectivity index (χ0) is 82.2. The molecule has 0 saturated carbocycles. The zero-order valence-electron chi connectivity index (χ0n) is 74.8. The van der Waals surface area contributed by atoms with Crippen LogP contribution in [-0.4, -0.2) is 81.8 Å². The van der Waals surface area contributed by atoms with Crippen LogP contribution in [0.1, 0.15) is 537 Å². The van der Waals surface area contributed by atoms with Crippen molar-refractivity contribution < 1.29 is 58.1 Å². The number of rotatable bonds is 89. The molecule has 2 atom stereocenters. The first-order valence-corrected chi connectivity index (χ1v) is 48.7. The lowest BCUT2D eigenvalue weighted by Crippen LogP contribution is -2.77. The van der Waals surface area contributed by atoms with Crippen molar-refractivity contribution in [3.63, 3.8) is 0 Å². The highest BCUT2D eigenvalue weighted by Crippen LogP contribution is 2.69. The molecule has 0 aliphatic rings. The number of hydrogen-bond acceptors (Lipinski definition) is 12. The lowest BCUT2D eigenvalue weighted by molar-refractivity contribution is -0.201. The first kappa shape index (κ1) is 108. The van der Waals surface area contributed by atoms with Gasteiger partial charge in [0.1, 0.15) is 52.5 Å². The summed E-state index contributed by atoms with van der Waals surface area (Å²) in [4.78, 5) is 157. The van der Waals surface area contributed by atoms with Crippen LogP contribution in [0.3, 0.4) is 0 Å². The zero-order valence-corrected chi connectivity index (χ0v) is 74.8. The van der Waals surface area contributed by atoms with E-state index < -0.39 is 86.6 Å². The molecule has 0 aromatic heterocycles. The van der Waals surface area contributed by atoms with Crippen LogP contribution >= 0.6 is 0 Å². The van der Waals surface area contributed by atoms with Gasteiger partial charge in [0, 0.05) is 57.8 Å². The number of esters is 1. The molecule has 2 N–H and O–H groups in total. The van der Waals surface area contributed by atoms with Gasteiger partial charge < -0.3 is 14.9 Å². The van der Waals surface area contributed by atoms with E-state index in [2.05, 4.69) is 55.4 Å². The third-order valence-corrected chi connectivity index (χ3v) is 25.1. The van der Waals surface area contributed by atoms with E-state index >= 15 is 38.4 Å². The maximum Gasteiger partial charge on any atom is 0.305 e. The highest BCUT2D eigenvalue weighted by atomic mass is 16.5. The molecule has 111 heavy (non-hydrogen) atoms. The summed E-state index contributed by atoms with van der Waals surface area (Å²) in [6.07, 6.45) is 48.4. The van der Waals surface area contributed by atoms with Crippen molar-refractivity contribution in [3.8, 4) is 0 Å². The summed E-state index contributed by atoms with van der Waals surface area (Å²) in [5.74, 6) is -5.45. The molecule has 0 rings (SSSR count). The summed E-state index contributed by atoms with van der Waals surface area (Å²) in [6.45, 7) is 18.5. The number of ether oxygens (including phenoxy) is 1. The first-order chi connectivity index (χ1) is 54.0. The summed E-state index contributed by atoms with van der Waals surface area (Å²) >= 11 is 0. The van der Waals surface area contributed by atoms with E-state index in [0.29, 0.717) is 135 Å². The second kappa shape index (κ2) is 73.1. The lowest BCUT2D eigenvalue weighted by atomic mass is 9.33. The smallest absolute Gasteiger partial charge is 0.305 e. The Morgan fingerprint density at radius 2 is 0.441 bits per heavy atom. The minimum atomic E-state index is -2.91. The summed E-state index contributed by atoms with van der Waals surface area (Å²) in [6, 6.07) is 0. The molecule has 650 valence electrons. The standard InChI is InChI=1S/C99H182O12/c1-10-19-27-35-44-54-64-74-87(102)96(18-9,88(103)75-65-55-45-36-28-20-11-2)99(93(108)80-70-60-50-41-33-25-16-7,94(109)81-71-61-51-42-34-26-17-8)97(89(104)76-66-56-46-37-29-21-12-3,83-73-63-53-43-52-62-72-82-95(110)111-85-86(101)84-100)98(90(105)77-67-57-47-38-30-22-13-4,91(106)78-68-58-48-39-31-23-14-5)92(107)79-69-59-49-40-32-24-15-6/h86,100-101H,10-85H2,1-9H3. The lowest BCUT2D eigenvalue weighted by Gasteiger charge is -2.61. The molecule has 0 aliphatic carbocycles. The topological polar surface area (TPSA) is 203 Å². The third-order valence-electron chi connectivity index (χ3n) is 25.1. The molecule has 12 nitrogen and oxygen atoms in total. The Balaban J connectivity index is 10.8. The van der Waals surface area contributed by atoms with E-state index in [1.807, 2.05) is 0 Å². The number of aliphatic hydroxyl groups excluding tert-OH is 2.